The number of hydrogen-bond acceptors (Lipinski definition) is 6. The van der Waals surface area contributed by atoms with Crippen molar-refractivity contribution in [3.05, 3.63) is 30.1 Å². The molecule has 0 spiro atoms. The van der Waals surface area contributed by atoms with Gasteiger partial charge in [0.15, 0.2) is 5.82 Å². The van der Waals surface area contributed by atoms with E-state index < -0.39 is 0 Å². The Morgan fingerprint density at radius 1 is 1.38 bits per heavy atom. The van der Waals surface area contributed by atoms with Gasteiger partial charge in [0.2, 0.25) is 0 Å². The van der Waals surface area contributed by atoms with Crippen LogP contribution in [-0.2, 0) is 24.9 Å². The number of aromatic nitrogens is 4. The molecule has 0 aromatic carbocycles. The van der Waals surface area contributed by atoms with Gasteiger partial charge in [-0.2, -0.15) is 0 Å². The van der Waals surface area contributed by atoms with Crippen LogP contribution in [0, 0.1) is 0 Å². The molecule has 0 amide bonds. The number of anilines is 2. The second kappa shape index (κ2) is 7.03. The molecule has 2 heterocycles. The summed E-state index contributed by atoms with van der Waals surface area (Å²) in [5, 5.41) is 3.06. The van der Waals surface area contributed by atoms with E-state index >= 15 is 0 Å². The van der Waals surface area contributed by atoms with Gasteiger partial charge in [0.05, 0.1) is 6.54 Å². The largest absolute Gasteiger partial charge is 0.374 e. The Morgan fingerprint density at radius 3 is 2.81 bits per heavy atom. The summed E-state index contributed by atoms with van der Waals surface area (Å²) in [4.78, 5) is 15.3. The maximum absolute atomic E-state index is 5.39. The molecule has 0 saturated heterocycles. The van der Waals surface area contributed by atoms with E-state index in [1.807, 2.05) is 49.8 Å². The van der Waals surface area contributed by atoms with Gasteiger partial charge in [0.1, 0.15) is 24.1 Å². The lowest BCUT2D eigenvalue weighted by atomic mass is 10.4. The van der Waals surface area contributed by atoms with E-state index in [0.29, 0.717) is 25.6 Å². The van der Waals surface area contributed by atoms with E-state index in [0.717, 1.165) is 17.5 Å². The Bertz CT molecular complexity index is 583. The first kappa shape index (κ1) is 15.2. The number of imidazole rings is 1. The van der Waals surface area contributed by atoms with Crippen molar-refractivity contribution in [3.8, 4) is 0 Å². The summed E-state index contributed by atoms with van der Waals surface area (Å²) in [6.07, 6.45) is 3.73. The molecule has 0 radical (unpaired) electrons. The van der Waals surface area contributed by atoms with Crippen LogP contribution in [0.1, 0.15) is 18.6 Å². The molecule has 0 unspecified atom stereocenters. The number of hydrogen-bond donors (Lipinski definition) is 1. The lowest BCUT2D eigenvalue weighted by molar-refractivity contribution is 0.128. The van der Waals surface area contributed by atoms with Crippen molar-refractivity contribution in [3.63, 3.8) is 0 Å². The lowest BCUT2D eigenvalue weighted by Crippen LogP contribution is -2.21. The molecule has 0 bridgehead atoms. The average molecular weight is 290 g/mol. The Balaban J connectivity index is 2.18. The molecule has 0 saturated carbocycles. The average Bonchev–Trinajstić information content (AvgIpc) is 2.90. The van der Waals surface area contributed by atoms with Crippen molar-refractivity contribution in [2.45, 2.75) is 20.1 Å². The van der Waals surface area contributed by atoms with Gasteiger partial charge in [-0.25, -0.2) is 15.0 Å². The molecule has 2 rings (SSSR count). The van der Waals surface area contributed by atoms with E-state index in [-0.39, 0.29) is 0 Å². The maximum atomic E-state index is 5.39. The van der Waals surface area contributed by atoms with Crippen molar-refractivity contribution in [2.24, 2.45) is 7.05 Å². The van der Waals surface area contributed by atoms with Gasteiger partial charge >= 0.3 is 0 Å². The second-order valence-electron chi connectivity index (χ2n) is 4.73. The Morgan fingerprint density at radius 2 is 2.19 bits per heavy atom. The van der Waals surface area contributed by atoms with Crippen LogP contribution in [0.5, 0.6) is 0 Å². The van der Waals surface area contributed by atoms with E-state index in [9.17, 15) is 0 Å². The molecule has 21 heavy (non-hydrogen) atoms. The highest BCUT2D eigenvalue weighted by Crippen LogP contribution is 2.16. The smallest absolute Gasteiger partial charge is 0.158 e. The number of nitrogens with one attached hydrogen (secondary N) is 1. The maximum Gasteiger partial charge on any atom is 0.158 e. The van der Waals surface area contributed by atoms with Crippen LogP contribution >= 0.6 is 0 Å². The minimum Gasteiger partial charge on any atom is -0.374 e. The normalized spacial score (nSPS) is 10.7. The fourth-order valence-electron chi connectivity index (χ4n) is 1.91. The molecule has 0 aliphatic rings. The monoisotopic (exact) mass is 290 g/mol. The van der Waals surface area contributed by atoms with E-state index in [2.05, 4.69) is 20.3 Å². The quantitative estimate of drug-likeness (QED) is 0.832. The summed E-state index contributed by atoms with van der Waals surface area (Å²) in [6.45, 7) is 3.69. The lowest BCUT2D eigenvalue weighted by Gasteiger charge is -2.19. The Kier molecular flexibility index (Phi) is 5.10. The van der Waals surface area contributed by atoms with Gasteiger partial charge in [0.25, 0.3) is 0 Å². The van der Waals surface area contributed by atoms with Crippen molar-refractivity contribution < 1.29 is 4.74 Å². The topological polar surface area (TPSA) is 68.1 Å². The number of nitrogens with zero attached hydrogens (tertiary/aromatic N) is 5. The number of rotatable bonds is 7. The van der Waals surface area contributed by atoms with Crippen molar-refractivity contribution >= 4 is 11.6 Å². The molecule has 0 aliphatic carbocycles. The zero-order chi connectivity index (χ0) is 15.2. The first-order valence-electron chi connectivity index (χ1n) is 6.94. The second-order valence-corrected chi connectivity index (χ2v) is 4.73. The van der Waals surface area contributed by atoms with E-state index in [1.54, 1.807) is 6.20 Å². The van der Waals surface area contributed by atoms with Crippen LogP contribution < -0.4 is 10.2 Å². The first-order chi connectivity index (χ1) is 10.1. The van der Waals surface area contributed by atoms with E-state index in [1.165, 1.54) is 0 Å². The highest BCUT2D eigenvalue weighted by molar-refractivity contribution is 5.48. The third-order valence-corrected chi connectivity index (χ3v) is 3.14. The summed E-state index contributed by atoms with van der Waals surface area (Å²) in [5.74, 6) is 3.27. The summed E-state index contributed by atoms with van der Waals surface area (Å²) in [5.41, 5.74) is 0. The third kappa shape index (κ3) is 3.91. The highest BCUT2D eigenvalue weighted by atomic mass is 16.5. The van der Waals surface area contributed by atoms with Gasteiger partial charge in [-0.05, 0) is 6.92 Å². The summed E-state index contributed by atoms with van der Waals surface area (Å²) < 4.78 is 7.39. The molecule has 2 aromatic heterocycles. The van der Waals surface area contributed by atoms with Crippen LogP contribution in [0.4, 0.5) is 11.6 Å². The van der Waals surface area contributed by atoms with Gasteiger partial charge in [-0.1, -0.05) is 0 Å². The van der Waals surface area contributed by atoms with Gasteiger partial charge in [-0.15, -0.1) is 0 Å². The predicted octanol–water partition coefficient (Wildman–Crippen LogP) is 1.42. The first-order valence-corrected chi connectivity index (χ1v) is 6.94. The van der Waals surface area contributed by atoms with Gasteiger partial charge in [-0.3, -0.25) is 0 Å². The molecule has 114 valence electrons. The van der Waals surface area contributed by atoms with Crippen molar-refractivity contribution in [1.29, 1.82) is 0 Å². The summed E-state index contributed by atoms with van der Waals surface area (Å²) in [6, 6.07) is 1.92. The zero-order valence-electron chi connectivity index (χ0n) is 13.0. The zero-order valence-corrected chi connectivity index (χ0v) is 13.0. The molecule has 0 aliphatic heterocycles. The summed E-state index contributed by atoms with van der Waals surface area (Å²) >= 11 is 0. The highest BCUT2D eigenvalue weighted by Gasteiger charge is 2.10. The third-order valence-electron chi connectivity index (χ3n) is 3.14. The molecule has 0 fully saturated rings. The van der Waals surface area contributed by atoms with Crippen LogP contribution in [0.3, 0.4) is 0 Å². The van der Waals surface area contributed by atoms with E-state index in [4.69, 9.17) is 4.74 Å². The molecule has 2 aromatic rings. The Hall–Kier alpha value is -2.15. The number of aryl methyl sites for hydroxylation is 1. The minimum absolute atomic E-state index is 0.412. The van der Waals surface area contributed by atoms with Crippen LogP contribution in [0.2, 0.25) is 0 Å². The molecule has 0 atom stereocenters. The fraction of sp³-hybridized carbons (Fsp3) is 0.500. The standard InChI is InChI=1S/C14H22N6O/c1-5-21-10-12-17-11(15-2)8-13(18-12)20(4)9-14-16-6-7-19(14)3/h6-8H,5,9-10H2,1-4H3,(H,15,17,18). The molecule has 7 nitrogen and oxygen atoms in total. The summed E-state index contributed by atoms with van der Waals surface area (Å²) in [7, 11) is 5.81. The minimum atomic E-state index is 0.412. The Labute approximate surface area is 125 Å². The van der Waals surface area contributed by atoms with Crippen molar-refractivity contribution in [1.82, 2.24) is 19.5 Å². The van der Waals surface area contributed by atoms with Crippen LogP contribution in [0.15, 0.2) is 18.5 Å². The predicted molar refractivity (Wildman–Crippen MR) is 82.2 cm³/mol. The van der Waals surface area contributed by atoms with Crippen molar-refractivity contribution in [2.75, 3.05) is 30.9 Å². The SMILES string of the molecule is CCOCc1nc(NC)cc(N(C)Cc2nccn2C)n1. The molecular formula is C14H22N6O. The molecular weight excluding hydrogens is 268 g/mol. The van der Waals surface area contributed by atoms with Crippen LogP contribution in [0.25, 0.3) is 0 Å². The van der Waals surface area contributed by atoms with Gasteiger partial charge < -0.3 is 19.5 Å². The fourth-order valence-corrected chi connectivity index (χ4v) is 1.91. The van der Waals surface area contributed by atoms with Crippen LogP contribution in [-0.4, -0.2) is 40.2 Å². The number of ether oxygens (including phenoxy) is 1. The van der Waals surface area contributed by atoms with Gasteiger partial charge in [0, 0.05) is 46.2 Å². The molecule has 1 N–H and O–H groups in total. The molecule has 7 heteroatoms.